The minimum atomic E-state index is -3.56. The standard InChI is InChI=1S/C19H23NO3S/c1-19(2,3)14-8-10-15(11-9-14)24(21,22)20-13-12-16-17(20)6-5-7-18(16)23-4/h5-11H,12-13H2,1-4H3. The van der Waals surface area contributed by atoms with E-state index in [2.05, 4.69) is 20.8 Å². The quantitative estimate of drug-likeness (QED) is 0.851. The lowest BCUT2D eigenvalue weighted by molar-refractivity contribution is 0.411. The first-order valence-electron chi connectivity index (χ1n) is 8.04. The summed E-state index contributed by atoms with van der Waals surface area (Å²) in [7, 11) is -1.95. The van der Waals surface area contributed by atoms with Crippen molar-refractivity contribution < 1.29 is 13.2 Å². The Morgan fingerprint density at radius 2 is 1.71 bits per heavy atom. The molecular formula is C19H23NO3S. The summed E-state index contributed by atoms with van der Waals surface area (Å²) in [6, 6.07) is 12.7. The SMILES string of the molecule is COc1cccc2c1CCN2S(=O)(=O)c1ccc(C(C)(C)C)cc1. The molecule has 3 rings (SSSR count). The van der Waals surface area contributed by atoms with Crippen LogP contribution in [0.5, 0.6) is 5.75 Å². The average molecular weight is 345 g/mol. The molecule has 0 spiro atoms. The maximum Gasteiger partial charge on any atom is 0.264 e. The van der Waals surface area contributed by atoms with Gasteiger partial charge in [-0.3, -0.25) is 4.31 Å². The smallest absolute Gasteiger partial charge is 0.264 e. The minimum Gasteiger partial charge on any atom is -0.496 e. The molecule has 0 atom stereocenters. The fourth-order valence-corrected chi connectivity index (χ4v) is 4.56. The van der Waals surface area contributed by atoms with Crippen molar-refractivity contribution in [1.29, 1.82) is 0 Å². The number of fused-ring (bicyclic) bond motifs is 1. The van der Waals surface area contributed by atoms with E-state index in [1.54, 1.807) is 19.2 Å². The predicted octanol–water partition coefficient (Wildman–Crippen LogP) is 3.74. The van der Waals surface area contributed by atoms with Crippen molar-refractivity contribution in [2.75, 3.05) is 18.0 Å². The molecule has 0 amide bonds. The monoisotopic (exact) mass is 345 g/mol. The molecule has 0 fully saturated rings. The summed E-state index contributed by atoms with van der Waals surface area (Å²) >= 11 is 0. The molecule has 1 aliphatic rings. The van der Waals surface area contributed by atoms with E-state index in [0.29, 0.717) is 23.5 Å². The number of sulfonamides is 1. The Balaban J connectivity index is 1.99. The molecule has 128 valence electrons. The van der Waals surface area contributed by atoms with E-state index in [1.165, 1.54) is 4.31 Å². The van der Waals surface area contributed by atoms with Gasteiger partial charge in [0.25, 0.3) is 10.0 Å². The van der Waals surface area contributed by atoms with Crippen molar-refractivity contribution in [2.24, 2.45) is 0 Å². The van der Waals surface area contributed by atoms with Crippen LogP contribution in [0.15, 0.2) is 47.4 Å². The van der Waals surface area contributed by atoms with E-state index in [0.717, 1.165) is 16.9 Å². The molecule has 0 aromatic heterocycles. The van der Waals surface area contributed by atoms with Gasteiger partial charge >= 0.3 is 0 Å². The number of anilines is 1. The number of benzene rings is 2. The van der Waals surface area contributed by atoms with Gasteiger partial charge in [-0.25, -0.2) is 8.42 Å². The van der Waals surface area contributed by atoms with Gasteiger partial charge in [-0.05, 0) is 41.7 Å². The molecule has 1 aliphatic heterocycles. The average Bonchev–Trinajstić information content (AvgIpc) is 2.99. The maximum absolute atomic E-state index is 13.0. The van der Waals surface area contributed by atoms with Crippen LogP contribution in [0.25, 0.3) is 0 Å². The Hall–Kier alpha value is -2.01. The van der Waals surface area contributed by atoms with Crippen molar-refractivity contribution in [2.45, 2.75) is 37.5 Å². The van der Waals surface area contributed by atoms with E-state index < -0.39 is 10.0 Å². The maximum atomic E-state index is 13.0. The van der Waals surface area contributed by atoms with Crippen LogP contribution in [-0.2, 0) is 21.9 Å². The zero-order chi connectivity index (χ0) is 17.5. The molecule has 5 heteroatoms. The summed E-state index contributed by atoms with van der Waals surface area (Å²) in [5, 5.41) is 0. The van der Waals surface area contributed by atoms with Crippen molar-refractivity contribution in [3.8, 4) is 5.75 Å². The summed E-state index contributed by atoms with van der Waals surface area (Å²) in [6.45, 7) is 6.78. The highest BCUT2D eigenvalue weighted by molar-refractivity contribution is 7.92. The number of rotatable bonds is 3. The highest BCUT2D eigenvalue weighted by Gasteiger charge is 2.32. The Morgan fingerprint density at radius 3 is 2.29 bits per heavy atom. The van der Waals surface area contributed by atoms with E-state index in [4.69, 9.17) is 4.74 Å². The van der Waals surface area contributed by atoms with Crippen LogP contribution in [0.1, 0.15) is 31.9 Å². The molecule has 0 unspecified atom stereocenters. The second-order valence-corrected chi connectivity index (χ2v) is 8.92. The molecular weight excluding hydrogens is 322 g/mol. The second-order valence-electron chi connectivity index (χ2n) is 7.06. The van der Waals surface area contributed by atoms with E-state index in [9.17, 15) is 8.42 Å². The van der Waals surface area contributed by atoms with Crippen LogP contribution in [0.2, 0.25) is 0 Å². The first-order chi connectivity index (χ1) is 11.2. The normalized spacial score (nSPS) is 14.6. The third kappa shape index (κ3) is 2.77. The number of methoxy groups -OCH3 is 1. The van der Waals surface area contributed by atoms with Gasteiger partial charge in [0.15, 0.2) is 0 Å². The molecule has 0 bridgehead atoms. The van der Waals surface area contributed by atoms with Gasteiger partial charge in [0.1, 0.15) is 5.75 Å². The molecule has 2 aromatic carbocycles. The van der Waals surface area contributed by atoms with Crippen molar-refractivity contribution in [3.05, 3.63) is 53.6 Å². The van der Waals surface area contributed by atoms with Crippen molar-refractivity contribution >= 4 is 15.7 Å². The predicted molar refractivity (Wildman–Crippen MR) is 96.4 cm³/mol. The fraction of sp³-hybridized carbons (Fsp3) is 0.368. The van der Waals surface area contributed by atoms with E-state index in [1.807, 2.05) is 30.3 Å². The van der Waals surface area contributed by atoms with Gasteiger partial charge in [0, 0.05) is 12.1 Å². The number of hydrogen-bond acceptors (Lipinski definition) is 3. The largest absolute Gasteiger partial charge is 0.496 e. The number of ether oxygens (including phenoxy) is 1. The zero-order valence-corrected chi connectivity index (χ0v) is 15.4. The van der Waals surface area contributed by atoms with Crippen LogP contribution >= 0.6 is 0 Å². The highest BCUT2D eigenvalue weighted by Crippen LogP contribution is 2.38. The van der Waals surface area contributed by atoms with Gasteiger partial charge in [-0.15, -0.1) is 0 Å². The van der Waals surface area contributed by atoms with Crippen LogP contribution in [-0.4, -0.2) is 22.1 Å². The number of nitrogens with zero attached hydrogens (tertiary/aromatic N) is 1. The minimum absolute atomic E-state index is 0.00407. The molecule has 0 radical (unpaired) electrons. The van der Waals surface area contributed by atoms with Crippen molar-refractivity contribution in [1.82, 2.24) is 0 Å². The van der Waals surface area contributed by atoms with Crippen LogP contribution in [0.3, 0.4) is 0 Å². The summed E-state index contributed by atoms with van der Waals surface area (Å²) in [5.41, 5.74) is 2.78. The van der Waals surface area contributed by atoms with Gasteiger partial charge in [-0.1, -0.05) is 39.0 Å². The molecule has 24 heavy (non-hydrogen) atoms. The Morgan fingerprint density at radius 1 is 1.04 bits per heavy atom. The summed E-state index contributed by atoms with van der Waals surface area (Å²) in [5.74, 6) is 0.744. The second kappa shape index (κ2) is 5.81. The lowest BCUT2D eigenvalue weighted by Crippen LogP contribution is -2.29. The molecule has 1 heterocycles. The fourth-order valence-electron chi connectivity index (χ4n) is 3.07. The van der Waals surface area contributed by atoms with E-state index in [-0.39, 0.29) is 5.41 Å². The molecule has 4 nitrogen and oxygen atoms in total. The van der Waals surface area contributed by atoms with Gasteiger partial charge in [-0.2, -0.15) is 0 Å². The zero-order valence-electron chi connectivity index (χ0n) is 14.5. The molecule has 0 saturated heterocycles. The summed E-state index contributed by atoms with van der Waals surface area (Å²) < 4.78 is 32.9. The third-order valence-corrected chi connectivity index (χ3v) is 6.30. The lowest BCUT2D eigenvalue weighted by Gasteiger charge is -2.22. The molecule has 2 aromatic rings. The van der Waals surface area contributed by atoms with Crippen molar-refractivity contribution in [3.63, 3.8) is 0 Å². The Kier molecular flexibility index (Phi) is 4.08. The van der Waals surface area contributed by atoms with Crippen LogP contribution in [0.4, 0.5) is 5.69 Å². The van der Waals surface area contributed by atoms with Gasteiger partial charge in [0.2, 0.25) is 0 Å². The van der Waals surface area contributed by atoms with Gasteiger partial charge in [0.05, 0.1) is 17.7 Å². The first kappa shape index (κ1) is 16.8. The summed E-state index contributed by atoms with van der Waals surface area (Å²) in [6.07, 6.45) is 0.665. The molecule has 0 saturated carbocycles. The third-order valence-electron chi connectivity index (χ3n) is 4.47. The summed E-state index contributed by atoms with van der Waals surface area (Å²) in [4.78, 5) is 0.325. The van der Waals surface area contributed by atoms with Crippen LogP contribution < -0.4 is 9.04 Å². The van der Waals surface area contributed by atoms with E-state index >= 15 is 0 Å². The number of hydrogen-bond donors (Lipinski definition) is 0. The van der Waals surface area contributed by atoms with Crippen LogP contribution in [0, 0.1) is 0 Å². The molecule has 0 aliphatic carbocycles. The topological polar surface area (TPSA) is 46.6 Å². The Labute approximate surface area is 144 Å². The molecule has 0 N–H and O–H groups in total. The highest BCUT2D eigenvalue weighted by atomic mass is 32.2. The van der Waals surface area contributed by atoms with Gasteiger partial charge < -0.3 is 4.74 Å². The Bertz CT molecular complexity index is 849. The first-order valence-corrected chi connectivity index (χ1v) is 9.48. The lowest BCUT2D eigenvalue weighted by atomic mass is 9.87.